The minimum atomic E-state index is -0.109. The van der Waals surface area contributed by atoms with Crippen molar-refractivity contribution in [3.8, 4) is 11.4 Å². The van der Waals surface area contributed by atoms with Gasteiger partial charge in [0.2, 0.25) is 0 Å². The summed E-state index contributed by atoms with van der Waals surface area (Å²) < 4.78 is 1.99. The summed E-state index contributed by atoms with van der Waals surface area (Å²) in [4.78, 5) is 15.3. The van der Waals surface area contributed by atoms with Crippen molar-refractivity contribution in [1.29, 1.82) is 0 Å². The van der Waals surface area contributed by atoms with Crippen molar-refractivity contribution < 1.29 is 4.79 Å². The van der Waals surface area contributed by atoms with E-state index >= 15 is 0 Å². The summed E-state index contributed by atoms with van der Waals surface area (Å²) in [6, 6.07) is 13.7. The second kappa shape index (κ2) is 5.91. The van der Waals surface area contributed by atoms with Gasteiger partial charge in [0, 0.05) is 35.2 Å². The van der Waals surface area contributed by atoms with Crippen LogP contribution in [0.2, 0.25) is 0 Å². The number of carbonyl (C=O) groups is 1. The molecule has 4 N–H and O–H groups in total. The van der Waals surface area contributed by atoms with Crippen LogP contribution in [0.4, 0.5) is 5.69 Å². The number of rotatable bonds is 3. The third-order valence-electron chi connectivity index (χ3n) is 4.62. The molecule has 2 heterocycles. The van der Waals surface area contributed by atoms with E-state index in [0.29, 0.717) is 11.3 Å². The molecule has 26 heavy (non-hydrogen) atoms. The average molecular weight is 347 g/mol. The van der Waals surface area contributed by atoms with Crippen LogP contribution in [0.3, 0.4) is 0 Å². The van der Waals surface area contributed by atoms with E-state index in [0.717, 1.165) is 33.2 Å². The van der Waals surface area contributed by atoms with Gasteiger partial charge in [0.1, 0.15) is 5.69 Å². The summed E-state index contributed by atoms with van der Waals surface area (Å²) in [6.07, 6.45) is 0. The molecule has 0 saturated carbocycles. The molecule has 0 unspecified atom stereocenters. The summed E-state index contributed by atoms with van der Waals surface area (Å²) >= 11 is 0. The molecule has 0 aliphatic rings. The Morgan fingerprint density at radius 3 is 2.77 bits per heavy atom. The van der Waals surface area contributed by atoms with Crippen LogP contribution in [0.25, 0.3) is 33.2 Å². The molecule has 2 aromatic heterocycles. The number of H-pyrrole nitrogens is 1. The first-order valence-corrected chi connectivity index (χ1v) is 8.61. The first kappa shape index (κ1) is 16.2. The minimum Gasteiger partial charge on any atom is -0.398 e. The maximum absolute atomic E-state index is 11.9. The number of nitrogens with zero attached hydrogens (tertiary/aromatic N) is 2. The Hall–Kier alpha value is -3.28. The number of benzene rings is 2. The van der Waals surface area contributed by atoms with Gasteiger partial charge in [0.15, 0.2) is 0 Å². The molecule has 0 aliphatic heterocycles. The van der Waals surface area contributed by atoms with E-state index in [9.17, 15) is 4.79 Å². The number of aromatic nitrogens is 3. The highest BCUT2D eigenvalue weighted by Gasteiger charge is 2.18. The summed E-state index contributed by atoms with van der Waals surface area (Å²) in [5.41, 5.74) is 11.2. The van der Waals surface area contributed by atoms with Crippen LogP contribution in [0, 0.1) is 0 Å². The Kier molecular flexibility index (Phi) is 3.68. The molecule has 0 fully saturated rings. The number of amides is 1. The van der Waals surface area contributed by atoms with Crippen molar-refractivity contribution in [2.45, 2.75) is 19.9 Å². The molecule has 0 bridgehead atoms. The van der Waals surface area contributed by atoms with Crippen molar-refractivity contribution in [3.63, 3.8) is 0 Å². The van der Waals surface area contributed by atoms with Gasteiger partial charge in [-0.15, -0.1) is 0 Å². The van der Waals surface area contributed by atoms with Crippen LogP contribution < -0.4 is 11.1 Å². The highest BCUT2D eigenvalue weighted by molar-refractivity contribution is 6.03. The van der Waals surface area contributed by atoms with Crippen LogP contribution in [0.15, 0.2) is 42.5 Å². The fourth-order valence-corrected chi connectivity index (χ4v) is 3.34. The second-order valence-corrected chi connectivity index (χ2v) is 6.69. The van der Waals surface area contributed by atoms with E-state index in [1.165, 1.54) is 0 Å². The van der Waals surface area contributed by atoms with Gasteiger partial charge in [-0.2, -0.15) is 5.10 Å². The van der Waals surface area contributed by atoms with Gasteiger partial charge >= 0.3 is 0 Å². The maximum atomic E-state index is 11.9. The number of carbonyl (C=O) groups excluding carboxylic acids is 1. The van der Waals surface area contributed by atoms with Crippen LogP contribution in [0.5, 0.6) is 0 Å². The third-order valence-corrected chi connectivity index (χ3v) is 4.62. The monoisotopic (exact) mass is 347 g/mol. The van der Waals surface area contributed by atoms with E-state index in [1.54, 1.807) is 7.05 Å². The highest BCUT2D eigenvalue weighted by Crippen LogP contribution is 2.34. The van der Waals surface area contributed by atoms with Crippen molar-refractivity contribution in [1.82, 2.24) is 20.1 Å². The Bertz CT molecular complexity index is 1140. The van der Waals surface area contributed by atoms with E-state index in [2.05, 4.69) is 24.1 Å². The number of anilines is 1. The summed E-state index contributed by atoms with van der Waals surface area (Å²) in [5, 5.41) is 9.43. The fourth-order valence-electron chi connectivity index (χ4n) is 3.34. The highest BCUT2D eigenvalue weighted by atomic mass is 16.1. The topological polar surface area (TPSA) is 88.7 Å². The van der Waals surface area contributed by atoms with Crippen LogP contribution in [-0.4, -0.2) is 27.7 Å². The Labute approximate surface area is 151 Å². The lowest BCUT2D eigenvalue weighted by molar-refractivity contribution is 0.0963. The van der Waals surface area contributed by atoms with E-state index < -0.39 is 0 Å². The molecule has 6 nitrogen and oxygen atoms in total. The number of hydrogen-bond donors (Lipinski definition) is 3. The molecule has 6 heteroatoms. The molecule has 0 radical (unpaired) electrons. The van der Waals surface area contributed by atoms with Crippen molar-refractivity contribution in [2.75, 3.05) is 12.8 Å². The molecule has 0 atom stereocenters. The first-order chi connectivity index (χ1) is 12.5. The van der Waals surface area contributed by atoms with Crippen molar-refractivity contribution >= 4 is 33.4 Å². The zero-order valence-corrected chi connectivity index (χ0v) is 15.0. The standard InChI is InChI=1S/C20H21N5O/c1-11(2)25-17-6-4-5-14(21)18(17)19(24-25)16-9-12-7-8-13(20(26)22-3)10-15(12)23-16/h4-11,23H,21H2,1-3H3,(H,22,26). The van der Waals surface area contributed by atoms with Crippen LogP contribution in [0.1, 0.15) is 30.2 Å². The molecule has 0 aliphatic carbocycles. The molecule has 4 aromatic rings. The number of nitrogens with two attached hydrogens (primary N) is 1. The van der Waals surface area contributed by atoms with Crippen LogP contribution in [-0.2, 0) is 0 Å². The van der Waals surface area contributed by atoms with E-state index in [4.69, 9.17) is 10.8 Å². The molecule has 2 aromatic carbocycles. The van der Waals surface area contributed by atoms with Gasteiger partial charge in [-0.1, -0.05) is 12.1 Å². The van der Waals surface area contributed by atoms with Gasteiger partial charge in [-0.05, 0) is 44.2 Å². The minimum absolute atomic E-state index is 0.109. The van der Waals surface area contributed by atoms with Gasteiger partial charge in [-0.3, -0.25) is 9.48 Å². The summed E-state index contributed by atoms with van der Waals surface area (Å²) in [6.45, 7) is 4.19. The van der Waals surface area contributed by atoms with E-state index in [-0.39, 0.29) is 11.9 Å². The number of nitrogen functional groups attached to an aromatic ring is 1. The fraction of sp³-hybridized carbons (Fsp3) is 0.200. The third kappa shape index (κ3) is 2.42. The first-order valence-electron chi connectivity index (χ1n) is 8.61. The predicted octanol–water partition coefficient (Wildman–Crippen LogP) is 3.71. The number of nitrogens with one attached hydrogen (secondary N) is 2. The van der Waals surface area contributed by atoms with Crippen molar-refractivity contribution in [2.24, 2.45) is 0 Å². The lowest BCUT2D eigenvalue weighted by Gasteiger charge is -2.06. The normalized spacial score (nSPS) is 11.5. The lowest BCUT2D eigenvalue weighted by Crippen LogP contribution is -2.17. The van der Waals surface area contributed by atoms with Gasteiger partial charge in [-0.25, -0.2) is 0 Å². The Balaban J connectivity index is 1.94. The number of aromatic amines is 1. The lowest BCUT2D eigenvalue weighted by atomic mass is 10.1. The second-order valence-electron chi connectivity index (χ2n) is 6.69. The summed E-state index contributed by atoms with van der Waals surface area (Å²) in [7, 11) is 1.63. The molecule has 0 saturated heterocycles. The average Bonchev–Trinajstić information content (AvgIpc) is 3.22. The SMILES string of the molecule is CNC(=O)c1ccc2cc(-c3nn(C(C)C)c4cccc(N)c34)[nH]c2c1. The Morgan fingerprint density at radius 1 is 1.23 bits per heavy atom. The molecule has 132 valence electrons. The molecule has 4 rings (SSSR count). The zero-order chi connectivity index (χ0) is 18.4. The largest absolute Gasteiger partial charge is 0.398 e. The van der Waals surface area contributed by atoms with Gasteiger partial charge < -0.3 is 16.0 Å². The smallest absolute Gasteiger partial charge is 0.251 e. The molecular formula is C20H21N5O. The van der Waals surface area contributed by atoms with E-state index in [1.807, 2.05) is 47.1 Å². The predicted molar refractivity (Wildman–Crippen MR) is 105 cm³/mol. The quantitative estimate of drug-likeness (QED) is 0.494. The Morgan fingerprint density at radius 2 is 2.04 bits per heavy atom. The van der Waals surface area contributed by atoms with Gasteiger partial charge in [0.05, 0.1) is 16.6 Å². The van der Waals surface area contributed by atoms with Gasteiger partial charge in [0.25, 0.3) is 5.91 Å². The van der Waals surface area contributed by atoms with Crippen LogP contribution >= 0.6 is 0 Å². The summed E-state index contributed by atoms with van der Waals surface area (Å²) in [5.74, 6) is -0.109. The number of fused-ring (bicyclic) bond motifs is 2. The zero-order valence-electron chi connectivity index (χ0n) is 15.0. The number of hydrogen-bond acceptors (Lipinski definition) is 3. The molecule has 1 amide bonds. The molecular weight excluding hydrogens is 326 g/mol. The van der Waals surface area contributed by atoms with Crippen molar-refractivity contribution in [3.05, 3.63) is 48.0 Å². The maximum Gasteiger partial charge on any atom is 0.251 e. The molecule has 0 spiro atoms.